The van der Waals surface area contributed by atoms with Crippen molar-refractivity contribution >= 4 is 34.8 Å². The lowest BCUT2D eigenvalue weighted by Crippen LogP contribution is -2.35. The molecule has 4 nitrogen and oxygen atoms in total. The number of halogens is 3. The first-order valence-electron chi connectivity index (χ1n) is 7.66. The lowest BCUT2D eigenvalue weighted by molar-refractivity contribution is -0.131. The van der Waals surface area contributed by atoms with Crippen LogP contribution in [-0.4, -0.2) is 11.8 Å². The van der Waals surface area contributed by atoms with Crippen LogP contribution < -0.4 is 10.6 Å². The minimum Gasteiger partial charge on any atom is -0.325 e. The molecule has 2 amide bonds. The number of hydrogen-bond acceptors (Lipinski definition) is 2. The summed E-state index contributed by atoms with van der Waals surface area (Å²) in [5.41, 5.74) is -0.0696. The molecule has 1 saturated carbocycles. The summed E-state index contributed by atoms with van der Waals surface area (Å²) >= 11 is 6.02. The van der Waals surface area contributed by atoms with Gasteiger partial charge >= 0.3 is 0 Å². The Morgan fingerprint density at radius 3 is 2.32 bits per heavy atom. The maximum Gasteiger partial charge on any atom is 0.240 e. The summed E-state index contributed by atoms with van der Waals surface area (Å²) in [5.74, 6) is -2.73. The molecule has 0 aliphatic heterocycles. The molecule has 0 saturated heterocycles. The van der Waals surface area contributed by atoms with Crippen LogP contribution in [-0.2, 0) is 9.59 Å². The van der Waals surface area contributed by atoms with Gasteiger partial charge in [0.05, 0.1) is 5.69 Å². The summed E-state index contributed by atoms with van der Waals surface area (Å²) in [5, 5.41) is 5.53. The highest BCUT2D eigenvalue weighted by atomic mass is 35.5. The molecular formula is C18H15ClF2N2O2. The largest absolute Gasteiger partial charge is 0.325 e. The van der Waals surface area contributed by atoms with Crippen molar-refractivity contribution < 1.29 is 18.4 Å². The van der Waals surface area contributed by atoms with Crippen LogP contribution in [0.1, 0.15) is 18.4 Å². The fourth-order valence-electron chi connectivity index (χ4n) is 2.44. The highest BCUT2D eigenvalue weighted by Gasteiger charge is 2.56. The van der Waals surface area contributed by atoms with E-state index in [1.807, 2.05) is 6.92 Å². The average Bonchev–Trinajstić information content (AvgIpc) is 3.35. The van der Waals surface area contributed by atoms with Crippen molar-refractivity contribution in [1.82, 2.24) is 0 Å². The van der Waals surface area contributed by atoms with E-state index in [-0.39, 0.29) is 5.69 Å². The van der Waals surface area contributed by atoms with Crippen molar-refractivity contribution in [3.05, 3.63) is 58.6 Å². The summed E-state index contributed by atoms with van der Waals surface area (Å²) in [6, 6.07) is 7.87. The standard InChI is InChI=1S/C18H15ClF2N2O2/c1-10-2-4-12(9-13(10)19)22-16(24)18(6-7-18)17(25)23-15-5-3-11(20)8-14(15)21/h2-5,8-9H,6-7H2,1H3,(H,22,24)(H,23,25). The third-order valence-corrected chi connectivity index (χ3v) is 4.64. The van der Waals surface area contributed by atoms with Crippen LogP contribution in [0.25, 0.3) is 0 Å². The predicted molar refractivity (Wildman–Crippen MR) is 91.5 cm³/mol. The van der Waals surface area contributed by atoms with Crippen molar-refractivity contribution in [2.45, 2.75) is 19.8 Å². The van der Waals surface area contributed by atoms with E-state index < -0.39 is 28.9 Å². The Hall–Kier alpha value is -2.47. The summed E-state index contributed by atoms with van der Waals surface area (Å²) in [7, 11) is 0. The minimum absolute atomic E-state index is 0.163. The highest BCUT2D eigenvalue weighted by Crippen LogP contribution is 2.47. The smallest absolute Gasteiger partial charge is 0.240 e. The van der Waals surface area contributed by atoms with Gasteiger partial charge in [-0.25, -0.2) is 8.78 Å². The molecule has 2 aromatic carbocycles. The Kier molecular flexibility index (Phi) is 4.47. The summed E-state index contributed by atoms with van der Waals surface area (Å²) < 4.78 is 26.6. The highest BCUT2D eigenvalue weighted by molar-refractivity contribution is 6.31. The van der Waals surface area contributed by atoms with Gasteiger partial charge in [0.2, 0.25) is 11.8 Å². The van der Waals surface area contributed by atoms with E-state index in [0.717, 1.165) is 17.7 Å². The van der Waals surface area contributed by atoms with Gasteiger partial charge in [0.15, 0.2) is 0 Å². The molecule has 1 fully saturated rings. The topological polar surface area (TPSA) is 58.2 Å². The number of carbonyl (C=O) groups is 2. The number of rotatable bonds is 4. The summed E-state index contributed by atoms with van der Waals surface area (Å²) in [6.45, 7) is 1.83. The Bertz CT molecular complexity index is 866. The number of aryl methyl sites for hydroxylation is 1. The van der Waals surface area contributed by atoms with Crippen LogP contribution in [0.2, 0.25) is 5.02 Å². The zero-order valence-corrected chi connectivity index (χ0v) is 14.1. The Morgan fingerprint density at radius 1 is 1.04 bits per heavy atom. The molecule has 130 valence electrons. The molecule has 2 N–H and O–H groups in total. The van der Waals surface area contributed by atoms with Crippen molar-refractivity contribution in [1.29, 1.82) is 0 Å². The van der Waals surface area contributed by atoms with Crippen LogP contribution in [0, 0.1) is 24.0 Å². The number of benzene rings is 2. The zero-order valence-electron chi connectivity index (χ0n) is 13.3. The molecule has 1 aliphatic rings. The Labute approximate surface area is 148 Å². The summed E-state index contributed by atoms with van der Waals surface area (Å²) in [6.07, 6.45) is 0.708. The molecule has 0 radical (unpaired) electrons. The molecule has 7 heteroatoms. The van der Waals surface area contributed by atoms with E-state index in [0.29, 0.717) is 29.6 Å². The molecular weight excluding hydrogens is 350 g/mol. The van der Waals surface area contributed by atoms with Gasteiger partial charge < -0.3 is 10.6 Å². The molecule has 0 heterocycles. The van der Waals surface area contributed by atoms with E-state index in [4.69, 9.17) is 11.6 Å². The zero-order chi connectivity index (χ0) is 18.2. The number of amides is 2. The SMILES string of the molecule is Cc1ccc(NC(=O)C2(C(=O)Nc3ccc(F)cc3F)CC2)cc1Cl. The van der Waals surface area contributed by atoms with E-state index in [2.05, 4.69) is 10.6 Å². The second kappa shape index (κ2) is 6.44. The molecule has 2 aromatic rings. The monoisotopic (exact) mass is 364 g/mol. The number of carbonyl (C=O) groups excluding carboxylic acids is 2. The van der Waals surface area contributed by atoms with E-state index >= 15 is 0 Å². The van der Waals surface area contributed by atoms with Gasteiger partial charge in [-0.05, 0) is 49.6 Å². The van der Waals surface area contributed by atoms with Crippen LogP contribution in [0.5, 0.6) is 0 Å². The van der Waals surface area contributed by atoms with E-state index in [1.54, 1.807) is 18.2 Å². The molecule has 0 atom stereocenters. The Morgan fingerprint density at radius 2 is 1.72 bits per heavy atom. The molecule has 25 heavy (non-hydrogen) atoms. The van der Waals surface area contributed by atoms with Gasteiger partial charge in [-0.3, -0.25) is 9.59 Å². The fourth-order valence-corrected chi connectivity index (χ4v) is 2.62. The van der Waals surface area contributed by atoms with Crippen LogP contribution in [0.3, 0.4) is 0 Å². The quantitative estimate of drug-likeness (QED) is 0.795. The van der Waals surface area contributed by atoms with E-state index in [9.17, 15) is 18.4 Å². The molecule has 3 rings (SSSR count). The molecule has 0 aromatic heterocycles. The van der Waals surface area contributed by atoms with Crippen LogP contribution in [0.15, 0.2) is 36.4 Å². The molecule has 1 aliphatic carbocycles. The number of hydrogen-bond donors (Lipinski definition) is 2. The second-order valence-corrected chi connectivity index (χ2v) is 6.49. The van der Waals surface area contributed by atoms with Gasteiger partial charge in [-0.2, -0.15) is 0 Å². The normalized spacial score (nSPS) is 14.7. The second-order valence-electron chi connectivity index (χ2n) is 6.08. The van der Waals surface area contributed by atoms with Gasteiger partial charge in [0.1, 0.15) is 17.0 Å². The van der Waals surface area contributed by atoms with Crippen molar-refractivity contribution in [2.75, 3.05) is 10.6 Å². The maximum absolute atomic E-state index is 13.7. The number of nitrogens with one attached hydrogen (secondary N) is 2. The predicted octanol–water partition coefficient (Wildman–Crippen LogP) is 4.28. The number of anilines is 2. The van der Waals surface area contributed by atoms with Gasteiger partial charge in [-0.15, -0.1) is 0 Å². The first-order valence-corrected chi connectivity index (χ1v) is 8.04. The van der Waals surface area contributed by atoms with Crippen molar-refractivity contribution in [3.63, 3.8) is 0 Å². The maximum atomic E-state index is 13.7. The summed E-state index contributed by atoms with van der Waals surface area (Å²) in [4.78, 5) is 24.9. The first kappa shape index (κ1) is 17.4. The average molecular weight is 365 g/mol. The van der Waals surface area contributed by atoms with Gasteiger partial charge in [0.25, 0.3) is 0 Å². The van der Waals surface area contributed by atoms with E-state index in [1.165, 1.54) is 0 Å². The van der Waals surface area contributed by atoms with Crippen molar-refractivity contribution in [3.8, 4) is 0 Å². The lowest BCUT2D eigenvalue weighted by Gasteiger charge is -2.16. The van der Waals surface area contributed by atoms with Crippen molar-refractivity contribution in [2.24, 2.45) is 5.41 Å². The molecule has 0 unspecified atom stereocenters. The molecule has 0 spiro atoms. The Balaban J connectivity index is 1.73. The lowest BCUT2D eigenvalue weighted by atomic mass is 10.0. The molecule has 0 bridgehead atoms. The fraction of sp³-hybridized carbons (Fsp3) is 0.222. The van der Waals surface area contributed by atoms with Gasteiger partial charge in [0, 0.05) is 16.8 Å². The first-order chi connectivity index (χ1) is 11.8. The minimum atomic E-state index is -1.25. The van der Waals surface area contributed by atoms with Crippen LogP contribution in [0.4, 0.5) is 20.2 Å². The van der Waals surface area contributed by atoms with Crippen LogP contribution >= 0.6 is 11.6 Å². The third-order valence-electron chi connectivity index (χ3n) is 4.23. The third kappa shape index (κ3) is 3.49. The van der Waals surface area contributed by atoms with Gasteiger partial charge in [-0.1, -0.05) is 17.7 Å².